The van der Waals surface area contributed by atoms with E-state index in [0.717, 1.165) is 59.9 Å². The van der Waals surface area contributed by atoms with E-state index in [2.05, 4.69) is 35.8 Å². The van der Waals surface area contributed by atoms with Crippen LogP contribution in [0, 0.1) is 17.6 Å². The Morgan fingerprint density at radius 2 is 1.68 bits per heavy atom. The minimum absolute atomic E-state index is 0.509. The lowest BCUT2D eigenvalue weighted by Gasteiger charge is -2.41. The Morgan fingerprint density at radius 3 is 2.41 bits per heavy atom. The van der Waals surface area contributed by atoms with Crippen molar-refractivity contribution < 1.29 is 13.5 Å². The van der Waals surface area contributed by atoms with E-state index in [0.29, 0.717) is 17.5 Å². The zero-order chi connectivity index (χ0) is 28.5. The number of nitrogens with zero attached hydrogens (tertiary/aromatic N) is 3. The van der Waals surface area contributed by atoms with Gasteiger partial charge < -0.3 is 14.5 Å². The SMILES string of the molecule is CCC(CC)N1CCCC(CN2C(c3ccccc3OC)=Nc3ccc(-c4ccc(F)c(F)c4)cc3C2=C2CC2)C1. The molecule has 1 unspecified atom stereocenters. The lowest BCUT2D eigenvalue weighted by atomic mass is 9.92. The lowest BCUT2D eigenvalue weighted by molar-refractivity contribution is 0.111. The number of benzene rings is 3. The van der Waals surface area contributed by atoms with Gasteiger partial charge in [-0.3, -0.25) is 0 Å². The van der Waals surface area contributed by atoms with Gasteiger partial charge in [-0.05, 0) is 104 Å². The van der Waals surface area contributed by atoms with Gasteiger partial charge in [-0.15, -0.1) is 0 Å². The van der Waals surface area contributed by atoms with E-state index < -0.39 is 11.6 Å². The molecule has 3 aromatic rings. The molecule has 3 aromatic carbocycles. The molecule has 0 amide bonds. The molecule has 2 fully saturated rings. The number of aliphatic imine (C=N–C) groups is 1. The van der Waals surface area contributed by atoms with E-state index in [-0.39, 0.29) is 0 Å². The highest BCUT2D eigenvalue weighted by Crippen LogP contribution is 2.47. The normalized spacial score (nSPS) is 18.9. The smallest absolute Gasteiger partial charge is 0.159 e. The van der Waals surface area contributed by atoms with Crippen LogP contribution < -0.4 is 4.74 Å². The summed E-state index contributed by atoms with van der Waals surface area (Å²) in [6.07, 6.45) is 6.87. The van der Waals surface area contributed by atoms with E-state index in [1.165, 1.54) is 55.6 Å². The van der Waals surface area contributed by atoms with Crippen molar-refractivity contribution in [1.29, 1.82) is 0 Å². The van der Waals surface area contributed by atoms with Crippen LogP contribution in [0.15, 0.2) is 71.2 Å². The molecule has 2 heterocycles. The van der Waals surface area contributed by atoms with Crippen molar-refractivity contribution >= 4 is 17.2 Å². The predicted octanol–water partition coefficient (Wildman–Crippen LogP) is 8.44. The molecule has 0 radical (unpaired) electrons. The highest BCUT2D eigenvalue weighted by Gasteiger charge is 2.35. The van der Waals surface area contributed by atoms with Crippen LogP contribution in [0.5, 0.6) is 5.75 Å². The number of ether oxygens (including phenoxy) is 1. The lowest BCUT2D eigenvalue weighted by Crippen LogP contribution is -2.46. The Bertz CT molecular complexity index is 1490. The first-order valence-electron chi connectivity index (χ1n) is 15.1. The molecule has 0 N–H and O–H groups in total. The summed E-state index contributed by atoms with van der Waals surface area (Å²) in [7, 11) is 1.71. The van der Waals surface area contributed by atoms with E-state index >= 15 is 0 Å². The summed E-state index contributed by atoms with van der Waals surface area (Å²) in [5, 5.41) is 0. The van der Waals surface area contributed by atoms with E-state index in [1.54, 1.807) is 13.2 Å². The van der Waals surface area contributed by atoms with Gasteiger partial charge in [-0.25, -0.2) is 13.8 Å². The summed E-state index contributed by atoms with van der Waals surface area (Å²) < 4.78 is 33.7. The van der Waals surface area contributed by atoms with Crippen LogP contribution in [0.1, 0.15) is 63.5 Å². The third kappa shape index (κ3) is 5.54. The zero-order valence-electron chi connectivity index (χ0n) is 24.3. The second-order valence-corrected chi connectivity index (χ2v) is 11.5. The van der Waals surface area contributed by atoms with Crippen molar-refractivity contribution in [2.45, 2.75) is 58.4 Å². The Hall–Kier alpha value is -3.51. The second-order valence-electron chi connectivity index (χ2n) is 11.5. The van der Waals surface area contributed by atoms with Gasteiger partial charge in [0.25, 0.3) is 0 Å². The van der Waals surface area contributed by atoms with Crippen molar-refractivity contribution in [2.75, 3.05) is 26.7 Å². The molecule has 2 aliphatic heterocycles. The minimum atomic E-state index is -0.835. The summed E-state index contributed by atoms with van der Waals surface area (Å²) in [5.74, 6) is 0.567. The summed E-state index contributed by atoms with van der Waals surface area (Å²) in [5.41, 5.74) is 7.09. The number of hydrogen-bond acceptors (Lipinski definition) is 4. The molecule has 0 bridgehead atoms. The van der Waals surface area contributed by atoms with Gasteiger partial charge >= 0.3 is 0 Å². The van der Waals surface area contributed by atoms with Gasteiger partial charge in [0, 0.05) is 24.7 Å². The number of fused-ring (bicyclic) bond motifs is 1. The van der Waals surface area contributed by atoms with E-state index in [9.17, 15) is 8.78 Å². The van der Waals surface area contributed by atoms with E-state index in [4.69, 9.17) is 9.73 Å². The van der Waals surface area contributed by atoms with Crippen LogP contribution in [0.25, 0.3) is 16.8 Å². The van der Waals surface area contributed by atoms with Crippen molar-refractivity contribution in [1.82, 2.24) is 9.80 Å². The quantitative estimate of drug-likeness (QED) is 0.279. The number of likely N-dealkylation sites (tertiary alicyclic amines) is 1. The molecule has 1 saturated heterocycles. The maximum Gasteiger partial charge on any atom is 0.159 e. The van der Waals surface area contributed by atoms with Crippen LogP contribution in [0.4, 0.5) is 14.5 Å². The Labute approximate surface area is 242 Å². The number of hydrogen-bond donors (Lipinski definition) is 0. The Kier molecular flexibility index (Phi) is 7.94. The number of amidine groups is 1. The fourth-order valence-electron chi connectivity index (χ4n) is 6.64. The summed E-state index contributed by atoms with van der Waals surface area (Å²) in [6, 6.07) is 18.9. The maximum absolute atomic E-state index is 14.2. The van der Waals surface area contributed by atoms with Gasteiger partial charge in [-0.1, -0.05) is 38.1 Å². The van der Waals surface area contributed by atoms with Gasteiger partial charge in [0.2, 0.25) is 0 Å². The molecule has 1 aliphatic carbocycles. The van der Waals surface area contributed by atoms with Crippen LogP contribution >= 0.6 is 0 Å². The molecule has 1 saturated carbocycles. The highest BCUT2D eigenvalue weighted by atomic mass is 19.2. The largest absolute Gasteiger partial charge is 0.496 e. The predicted molar refractivity (Wildman–Crippen MR) is 163 cm³/mol. The maximum atomic E-state index is 14.2. The molecular weight excluding hydrogens is 516 g/mol. The number of para-hydroxylation sites is 1. The molecule has 0 spiro atoms. The summed E-state index contributed by atoms with van der Waals surface area (Å²) >= 11 is 0. The highest BCUT2D eigenvalue weighted by molar-refractivity contribution is 6.10. The minimum Gasteiger partial charge on any atom is -0.496 e. The first-order valence-corrected chi connectivity index (χ1v) is 15.1. The van der Waals surface area contributed by atoms with Crippen molar-refractivity contribution in [3.63, 3.8) is 0 Å². The van der Waals surface area contributed by atoms with Crippen LogP contribution in [0.2, 0.25) is 0 Å². The third-order valence-corrected chi connectivity index (χ3v) is 8.89. The van der Waals surface area contributed by atoms with Crippen LogP contribution in [-0.2, 0) is 0 Å². The molecule has 214 valence electrons. The van der Waals surface area contributed by atoms with E-state index in [1.807, 2.05) is 30.3 Å². The third-order valence-electron chi connectivity index (χ3n) is 8.89. The average Bonchev–Trinajstić information content (AvgIpc) is 3.84. The van der Waals surface area contributed by atoms with Gasteiger partial charge in [0.1, 0.15) is 11.6 Å². The molecule has 6 rings (SSSR count). The van der Waals surface area contributed by atoms with Gasteiger partial charge in [-0.2, -0.15) is 0 Å². The summed E-state index contributed by atoms with van der Waals surface area (Å²) in [4.78, 5) is 10.4. The van der Waals surface area contributed by atoms with Crippen LogP contribution in [-0.4, -0.2) is 48.4 Å². The summed E-state index contributed by atoms with van der Waals surface area (Å²) in [6.45, 7) is 7.73. The van der Waals surface area contributed by atoms with Crippen molar-refractivity contribution in [2.24, 2.45) is 10.9 Å². The van der Waals surface area contributed by atoms with Gasteiger partial charge in [0.15, 0.2) is 11.6 Å². The number of allylic oxidation sites excluding steroid dienone is 1. The molecule has 4 nitrogen and oxygen atoms in total. The molecular formula is C35H39F2N3O. The average molecular weight is 556 g/mol. The van der Waals surface area contributed by atoms with Crippen molar-refractivity contribution in [3.05, 3.63) is 89.0 Å². The standard InChI is InChI=1S/C35H39F2N3O/c1-4-27(5-2)39-18-8-9-23(21-39)22-40-34(24-12-13-24)29-19-25(26-14-16-30(36)31(37)20-26)15-17-32(29)38-35(40)28-10-6-7-11-33(28)41-3/h6-7,10-11,14-17,19-20,23,27H,4-5,8-9,12-13,18,21-22H2,1-3H3. The monoisotopic (exact) mass is 555 g/mol. The number of methoxy groups -OCH3 is 1. The molecule has 1 atom stereocenters. The topological polar surface area (TPSA) is 28.1 Å². The first kappa shape index (κ1) is 27.6. The first-order chi connectivity index (χ1) is 20.0. The fourth-order valence-corrected chi connectivity index (χ4v) is 6.64. The van der Waals surface area contributed by atoms with Crippen molar-refractivity contribution in [3.8, 4) is 16.9 Å². The molecule has 41 heavy (non-hydrogen) atoms. The zero-order valence-corrected chi connectivity index (χ0v) is 24.3. The fraction of sp³-hybridized carbons (Fsp3) is 0.400. The van der Waals surface area contributed by atoms with Crippen LogP contribution in [0.3, 0.4) is 0 Å². The van der Waals surface area contributed by atoms with Gasteiger partial charge in [0.05, 0.1) is 24.1 Å². The number of rotatable bonds is 8. The number of halogens is 2. The second kappa shape index (κ2) is 11.8. The molecule has 6 heteroatoms. The Balaban J connectivity index is 1.45. The Morgan fingerprint density at radius 1 is 0.927 bits per heavy atom. The molecule has 0 aromatic heterocycles. The molecule has 3 aliphatic rings. The number of piperidine rings is 1.